The maximum absolute atomic E-state index is 11.9. The number of rotatable bonds is 27. The van der Waals surface area contributed by atoms with E-state index in [9.17, 15) is 9.59 Å². The first kappa shape index (κ1) is 33.1. The quantitative estimate of drug-likeness (QED) is 0.0595. The van der Waals surface area contributed by atoms with Crippen LogP contribution < -0.4 is 0 Å². The van der Waals surface area contributed by atoms with Gasteiger partial charge in [0.1, 0.15) is 13.2 Å². The van der Waals surface area contributed by atoms with Gasteiger partial charge in [-0.1, -0.05) is 104 Å². The minimum absolute atomic E-state index is 0.146. The Morgan fingerprint density at radius 2 is 0.789 bits per heavy atom. The maximum atomic E-state index is 11.9. The van der Waals surface area contributed by atoms with Crippen molar-refractivity contribution in [3.63, 3.8) is 0 Å². The summed E-state index contributed by atoms with van der Waals surface area (Å²) >= 11 is 0. The van der Waals surface area contributed by atoms with Crippen LogP contribution in [0.1, 0.15) is 155 Å². The first-order valence-electron chi connectivity index (χ1n) is 16.3. The molecule has 0 spiro atoms. The lowest BCUT2D eigenvalue weighted by Crippen LogP contribution is -2.13. The molecule has 2 heterocycles. The Balaban J connectivity index is 1.29. The highest BCUT2D eigenvalue weighted by Gasteiger charge is 2.37. The van der Waals surface area contributed by atoms with Crippen molar-refractivity contribution in [2.24, 2.45) is 0 Å². The molecule has 0 aromatic carbocycles. The predicted octanol–water partition coefficient (Wildman–Crippen LogP) is 8.23. The molecule has 2 fully saturated rings. The van der Waals surface area contributed by atoms with Crippen LogP contribution in [0.4, 0.5) is 0 Å². The van der Waals surface area contributed by atoms with Crippen molar-refractivity contribution in [2.75, 3.05) is 13.2 Å². The number of unbranched alkanes of at least 4 members (excludes halogenated alkanes) is 12. The van der Waals surface area contributed by atoms with Gasteiger partial charge in [0.15, 0.2) is 0 Å². The van der Waals surface area contributed by atoms with E-state index in [-0.39, 0.29) is 25.2 Å². The number of carbonyl (C=O) groups excluding carboxylic acids is 2. The molecule has 0 aromatic rings. The Morgan fingerprint density at radius 1 is 0.474 bits per heavy atom. The second-order valence-electron chi connectivity index (χ2n) is 11.5. The van der Waals surface area contributed by atoms with Crippen LogP contribution in [0.25, 0.3) is 0 Å². The van der Waals surface area contributed by atoms with Gasteiger partial charge in [0.2, 0.25) is 0 Å². The van der Waals surface area contributed by atoms with Crippen LogP contribution >= 0.6 is 0 Å². The summed E-state index contributed by atoms with van der Waals surface area (Å²) in [6.07, 6.45) is 26.6. The number of hydrogen-bond donors (Lipinski definition) is 0. The smallest absolute Gasteiger partial charge is 0.305 e. The molecule has 0 saturated carbocycles. The molecule has 2 rings (SSSR count). The van der Waals surface area contributed by atoms with Crippen molar-refractivity contribution in [1.82, 2.24) is 0 Å². The van der Waals surface area contributed by atoms with E-state index in [1.54, 1.807) is 0 Å². The molecule has 4 unspecified atom stereocenters. The molecule has 0 radical (unpaired) electrons. The lowest BCUT2D eigenvalue weighted by Gasteiger charge is -2.06. The number of ether oxygens (including phenoxy) is 4. The molecule has 2 aliphatic rings. The largest absolute Gasteiger partial charge is 0.462 e. The minimum atomic E-state index is -0.207. The lowest BCUT2D eigenvalue weighted by molar-refractivity contribution is -0.152. The number of epoxide rings is 2. The van der Waals surface area contributed by atoms with Crippen LogP contribution in [0.5, 0.6) is 0 Å². The second kappa shape index (κ2) is 21.7. The Labute approximate surface area is 233 Å². The normalized spacial score (nSPS) is 21.8. The highest BCUT2D eigenvalue weighted by atomic mass is 16.6. The highest BCUT2D eigenvalue weighted by Crippen LogP contribution is 2.32. The Morgan fingerprint density at radius 3 is 1.16 bits per heavy atom. The van der Waals surface area contributed by atoms with Gasteiger partial charge in [-0.3, -0.25) is 9.59 Å². The van der Waals surface area contributed by atoms with Gasteiger partial charge in [-0.25, -0.2) is 0 Å². The zero-order valence-electron chi connectivity index (χ0n) is 24.7. The summed E-state index contributed by atoms with van der Waals surface area (Å²) in [5, 5.41) is 0. The maximum Gasteiger partial charge on any atom is 0.305 e. The lowest BCUT2D eigenvalue weighted by atomic mass is 10.0. The van der Waals surface area contributed by atoms with Crippen LogP contribution in [0.3, 0.4) is 0 Å². The van der Waals surface area contributed by atoms with Crippen LogP contribution in [-0.2, 0) is 28.5 Å². The number of hydrogen-bond acceptors (Lipinski definition) is 6. The van der Waals surface area contributed by atoms with E-state index in [1.807, 2.05) is 0 Å². The molecule has 2 saturated heterocycles. The van der Waals surface area contributed by atoms with Crippen molar-refractivity contribution < 1.29 is 28.5 Å². The van der Waals surface area contributed by atoms with Crippen molar-refractivity contribution in [3.05, 3.63) is 0 Å². The Bertz CT molecular complexity index is 557. The van der Waals surface area contributed by atoms with Crippen LogP contribution in [-0.4, -0.2) is 49.6 Å². The van der Waals surface area contributed by atoms with Crippen LogP contribution in [0, 0.1) is 0 Å². The molecule has 0 aromatic heterocycles. The van der Waals surface area contributed by atoms with E-state index in [2.05, 4.69) is 13.8 Å². The molecule has 38 heavy (non-hydrogen) atoms. The molecule has 6 heteroatoms. The van der Waals surface area contributed by atoms with E-state index in [0.29, 0.717) is 37.3 Å². The van der Waals surface area contributed by atoms with E-state index < -0.39 is 0 Å². The monoisotopic (exact) mass is 538 g/mol. The summed E-state index contributed by atoms with van der Waals surface area (Å²) in [5.74, 6) is -0.414. The fourth-order valence-corrected chi connectivity index (χ4v) is 5.31. The van der Waals surface area contributed by atoms with Gasteiger partial charge in [0, 0.05) is 12.8 Å². The van der Waals surface area contributed by atoms with Gasteiger partial charge in [-0.05, 0) is 38.5 Å². The predicted molar refractivity (Wildman–Crippen MR) is 152 cm³/mol. The Kier molecular flexibility index (Phi) is 18.8. The first-order chi connectivity index (χ1) is 18.6. The van der Waals surface area contributed by atoms with Crippen molar-refractivity contribution in [1.29, 1.82) is 0 Å². The molecule has 222 valence electrons. The zero-order chi connectivity index (χ0) is 27.3. The molecule has 0 bridgehead atoms. The highest BCUT2D eigenvalue weighted by molar-refractivity contribution is 5.70. The second-order valence-corrected chi connectivity index (χ2v) is 11.5. The SMILES string of the molecule is CCCCCCCCC1OC1CCCCC(=O)OCCOC(=O)CCCCC1OC1CCCCCCCC. The fraction of sp³-hybridized carbons (Fsp3) is 0.938. The van der Waals surface area contributed by atoms with Gasteiger partial charge in [0.25, 0.3) is 0 Å². The summed E-state index contributed by atoms with van der Waals surface area (Å²) in [6, 6.07) is 0. The third-order valence-corrected chi connectivity index (χ3v) is 7.91. The van der Waals surface area contributed by atoms with Crippen LogP contribution in [0.15, 0.2) is 0 Å². The molecule has 6 nitrogen and oxygen atoms in total. The summed E-state index contributed by atoms with van der Waals surface area (Å²) in [7, 11) is 0. The van der Waals surface area contributed by atoms with E-state index >= 15 is 0 Å². The standard InChI is InChI=1S/C32H58O6/c1-3-5-7-9-11-13-19-27-29(37-27)21-15-17-23-31(33)35-25-26-36-32(34)24-18-16-22-30-28(38-30)20-14-12-10-8-6-4-2/h27-30H,3-26H2,1-2H3. The minimum Gasteiger partial charge on any atom is -0.462 e. The van der Waals surface area contributed by atoms with E-state index in [1.165, 1.54) is 89.9 Å². The van der Waals surface area contributed by atoms with Crippen molar-refractivity contribution in [3.8, 4) is 0 Å². The average Bonchev–Trinajstić information content (AvgIpc) is 3.84. The molecular weight excluding hydrogens is 480 g/mol. The number of carbonyl (C=O) groups is 2. The van der Waals surface area contributed by atoms with E-state index in [0.717, 1.165) is 38.5 Å². The summed E-state index contributed by atoms with van der Waals surface area (Å²) in [6.45, 7) is 4.79. The third kappa shape index (κ3) is 17.4. The molecule has 0 amide bonds. The molecule has 2 aliphatic heterocycles. The summed E-state index contributed by atoms with van der Waals surface area (Å²) in [4.78, 5) is 23.8. The summed E-state index contributed by atoms with van der Waals surface area (Å²) in [5.41, 5.74) is 0. The average molecular weight is 539 g/mol. The van der Waals surface area contributed by atoms with Crippen LogP contribution in [0.2, 0.25) is 0 Å². The van der Waals surface area contributed by atoms with Gasteiger partial charge < -0.3 is 18.9 Å². The van der Waals surface area contributed by atoms with Crippen molar-refractivity contribution >= 4 is 11.9 Å². The molecule has 4 atom stereocenters. The first-order valence-corrected chi connectivity index (χ1v) is 16.3. The zero-order valence-corrected chi connectivity index (χ0v) is 24.7. The van der Waals surface area contributed by atoms with Crippen molar-refractivity contribution in [2.45, 2.75) is 180 Å². The van der Waals surface area contributed by atoms with Gasteiger partial charge >= 0.3 is 11.9 Å². The van der Waals surface area contributed by atoms with Gasteiger partial charge in [-0.15, -0.1) is 0 Å². The number of esters is 2. The Hall–Kier alpha value is -1.14. The van der Waals surface area contributed by atoms with Gasteiger partial charge in [0.05, 0.1) is 24.4 Å². The van der Waals surface area contributed by atoms with Gasteiger partial charge in [-0.2, -0.15) is 0 Å². The van der Waals surface area contributed by atoms with E-state index in [4.69, 9.17) is 18.9 Å². The third-order valence-electron chi connectivity index (χ3n) is 7.91. The molecule has 0 aliphatic carbocycles. The topological polar surface area (TPSA) is 77.7 Å². The molecular formula is C32H58O6. The molecule has 0 N–H and O–H groups in total. The fourth-order valence-electron chi connectivity index (χ4n) is 5.31. The summed E-state index contributed by atoms with van der Waals surface area (Å²) < 4.78 is 21.9.